The highest BCUT2D eigenvalue weighted by Gasteiger charge is 2.37. The Balaban J connectivity index is 2.28. The first-order chi connectivity index (χ1) is 9.83. The monoisotopic (exact) mass is 311 g/mol. The van der Waals surface area contributed by atoms with Crippen LogP contribution in [0.3, 0.4) is 0 Å². The summed E-state index contributed by atoms with van der Waals surface area (Å²) in [5.41, 5.74) is 0.479. The van der Waals surface area contributed by atoms with E-state index in [2.05, 4.69) is 0 Å². The van der Waals surface area contributed by atoms with E-state index >= 15 is 0 Å². The number of hydrogen-bond donors (Lipinski definition) is 0. The van der Waals surface area contributed by atoms with Crippen molar-refractivity contribution in [2.45, 2.75) is 31.8 Å². The molecule has 1 aromatic rings. The fourth-order valence-electron chi connectivity index (χ4n) is 2.56. The molecule has 1 fully saturated rings. The second-order valence-corrected chi connectivity index (χ2v) is 7.77. The first-order valence-corrected chi connectivity index (χ1v) is 9.03. The predicted octanol–water partition coefficient (Wildman–Crippen LogP) is 1.73. The molecule has 21 heavy (non-hydrogen) atoms. The number of para-hydroxylation sites is 1. The van der Waals surface area contributed by atoms with Gasteiger partial charge in [0.05, 0.1) is 18.4 Å². The van der Waals surface area contributed by atoms with Crippen molar-refractivity contribution in [3.63, 3.8) is 0 Å². The second-order valence-electron chi connectivity index (χ2n) is 5.59. The highest BCUT2D eigenvalue weighted by atomic mass is 32.2. The standard InChI is InChI=1S/C15H21NO4S/c1-11(10-21(3,18)19)16(12-8-9-12)15(17)13-6-4-5-7-14(13)20-2/h4-7,11-12H,8-10H2,1-3H3. The van der Waals surface area contributed by atoms with Crippen LogP contribution in [0.2, 0.25) is 0 Å². The van der Waals surface area contributed by atoms with E-state index in [0.29, 0.717) is 11.3 Å². The molecule has 6 heteroatoms. The van der Waals surface area contributed by atoms with Crippen molar-refractivity contribution in [3.8, 4) is 5.75 Å². The van der Waals surface area contributed by atoms with E-state index < -0.39 is 9.84 Å². The van der Waals surface area contributed by atoms with E-state index in [4.69, 9.17) is 4.74 Å². The fourth-order valence-corrected chi connectivity index (χ4v) is 3.59. The third-order valence-corrected chi connectivity index (χ3v) is 4.62. The molecule has 1 amide bonds. The Kier molecular flexibility index (Phi) is 4.56. The largest absolute Gasteiger partial charge is 0.496 e. The third-order valence-electron chi connectivity index (χ3n) is 3.53. The number of nitrogens with zero attached hydrogens (tertiary/aromatic N) is 1. The molecule has 1 aliphatic carbocycles. The molecule has 1 atom stereocenters. The van der Waals surface area contributed by atoms with Gasteiger partial charge < -0.3 is 9.64 Å². The molecule has 0 heterocycles. The van der Waals surface area contributed by atoms with Crippen LogP contribution in [0.25, 0.3) is 0 Å². The van der Waals surface area contributed by atoms with Crippen LogP contribution in [0.15, 0.2) is 24.3 Å². The summed E-state index contributed by atoms with van der Waals surface area (Å²) in [6.45, 7) is 1.78. The van der Waals surface area contributed by atoms with Gasteiger partial charge in [-0.15, -0.1) is 0 Å². The van der Waals surface area contributed by atoms with Crippen LogP contribution >= 0.6 is 0 Å². The summed E-state index contributed by atoms with van der Waals surface area (Å²) in [5, 5.41) is 0. The molecule has 0 radical (unpaired) electrons. The van der Waals surface area contributed by atoms with Crippen molar-refractivity contribution in [1.82, 2.24) is 4.90 Å². The predicted molar refractivity (Wildman–Crippen MR) is 81.4 cm³/mol. The molecule has 0 aromatic heterocycles. The minimum Gasteiger partial charge on any atom is -0.496 e. The van der Waals surface area contributed by atoms with Crippen molar-refractivity contribution in [3.05, 3.63) is 29.8 Å². The van der Waals surface area contributed by atoms with Gasteiger partial charge in [0, 0.05) is 18.3 Å². The molecule has 0 N–H and O–H groups in total. The van der Waals surface area contributed by atoms with Gasteiger partial charge in [-0.25, -0.2) is 8.42 Å². The van der Waals surface area contributed by atoms with Crippen LogP contribution in [-0.2, 0) is 9.84 Å². The number of carbonyl (C=O) groups excluding carboxylic acids is 1. The molecule has 2 rings (SSSR count). The summed E-state index contributed by atoms with van der Waals surface area (Å²) >= 11 is 0. The molecule has 0 saturated heterocycles. The topological polar surface area (TPSA) is 63.7 Å². The van der Waals surface area contributed by atoms with Crippen LogP contribution in [0.4, 0.5) is 0 Å². The van der Waals surface area contributed by atoms with Crippen LogP contribution in [0.1, 0.15) is 30.1 Å². The van der Waals surface area contributed by atoms with Crippen molar-refractivity contribution in [2.24, 2.45) is 0 Å². The molecule has 0 bridgehead atoms. The highest BCUT2D eigenvalue weighted by Crippen LogP contribution is 2.32. The fraction of sp³-hybridized carbons (Fsp3) is 0.533. The summed E-state index contributed by atoms with van der Waals surface area (Å²) in [6.07, 6.45) is 3.05. The molecular formula is C15H21NO4S. The van der Waals surface area contributed by atoms with Crippen molar-refractivity contribution in [2.75, 3.05) is 19.1 Å². The van der Waals surface area contributed by atoms with Gasteiger partial charge in [0.15, 0.2) is 0 Å². The van der Waals surface area contributed by atoms with Gasteiger partial charge in [-0.2, -0.15) is 0 Å². The Morgan fingerprint density at radius 3 is 2.52 bits per heavy atom. The Labute approximate surface area is 125 Å². The maximum absolute atomic E-state index is 12.8. The zero-order valence-corrected chi connectivity index (χ0v) is 13.4. The summed E-state index contributed by atoms with van der Waals surface area (Å²) in [5.74, 6) is 0.329. The molecule has 1 aromatic carbocycles. The number of amides is 1. The van der Waals surface area contributed by atoms with Crippen molar-refractivity contribution in [1.29, 1.82) is 0 Å². The maximum Gasteiger partial charge on any atom is 0.258 e. The van der Waals surface area contributed by atoms with Gasteiger partial charge in [0.1, 0.15) is 15.6 Å². The van der Waals surface area contributed by atoms with Crippen LogP contribution in [-0.4, -0.2) is 50.4 Å². The number of methoxy groups -OCH3 is 1. The lowest BCUT2D eigenvalue weighted by molar-refractivity contribution is 0.0689. The zero-order chi connectivity index (χ0) is 15.6. The quantitative estimate of drug-likeness (QED) is 0.802. The van der Waals surface area contributed by atoms with Gasteiger partial charge in [0.25, 0.3) is 5.91 Å². The van der Waals surface area contributed by atoms with Gasteiger partial charge in [-0.1, -0.05) is 12.1 Å². The van der Waals surface area contributed by atoms with Gasteiger partial charge >= 0.3 is 0 Å². The average molecular weight is 311 g/mol. The van der Waals surface area contributed by atoms with Gasteiger partial charge in [0.2, 0.25) is 0 Å². The molecule has 116 valence electrons. The second kappa shape index (κ2) is 6.05. The zero-order valence-electron chi connectivity index (χ0n) is 12.6. The smallest absolute Gasteiger partial charge is 0.258 e. The van der Waals surface area contributed by atoms with E-state index in [1.165, 1.54) is 13.4 Å². The number of rotatable bonds is 6. The lowest BCUT2D eigenvalue weighted by atomic mass is 10.1. The van der Waals surface area contributed by atoms with Crippen LogP contribution in [0, 0.1) is 0 Å². The number of carbonyl (C=O) groups is 1. The van der Waals surface area contributed by atoms with Gasteiger partial charge in [-0.05, 0) is 31.9 Å². The number of benzene rings is 1. The van der Waals surface area contributed by atoms with Gasteiger partial charge in [-0.3, -0.25) is 4.79 Å². The van der Waals surface area contributed by atoms with Crippen LogP contribution < -0.4 is 4.74 Å². The number of ether oxygens (including phenoxy) is 1. The summed E-state index contributed by atoms with van der Waals surface area (Å²) in [4.78, 5) is 14.5. The molecule has 1 saturated carbocycles. The molecule has 5 nitrogen and oxygen atoms in total. The first-order valence-electron chi connectivity index (χ1n) is 6.97. The van der Waals surface area contributed by atoms with E-state index in [1.807, 2.05) is 0 Å². The summed E-state index contributed by atoms with van der Waals surface area (Å²) in [6, 6.07) is 6.83. The SMILES string of the molecule is COc1ccccc1C(=O)N(C(C)CS(C)(=O)=O)C1CC1. The van der Waals surface area contributed by atoms with E-state index in [9.17, 15) is 13.2 Å². The molecule has 0 aliphatic heterocycles. The van der Waals surface area contributed by atoms with Crippen molar-refractivity contribution >= 4 is 15.7 Å². The number of sulfone groups is 1. The molecule has 0 spiro atoms. The Morgan fingerprint density at radius 2 is 2.00 bits per heavy atom. The lowest BCUT2D eigenvalue weighted by Gasteiger charge is -2.29. The summed E-state index contributed by atoms with van der Waals surface area (Å²) in [7, 11) is -1.61. The number of hydrogen-bond acceptors (Lipinski definition) is 4. The Bertz CT molecular complexity index is 622. The Hall–Kier alpha value is -1.56. The minimum absolute atomic E-state index is 0.0234. The maximum atomic E-state index is 12.8. The molecule has 1 aliphatic rings. The average Bonchev–Trinajstić information content (AvgIpc) is 3.21. The van der Waals surface area contributed by atoms with E-state index in [-0.39, 0.29) is 23.7 Å². The Morgan fingerprint density at radius 1 is 1.38 bits per heavy atom. The van der Waals surface area contributed by atoms with E-state index in [0.717, 1.165) is 12.8 Å². The van der Waals surface area contributed by atoms with Crippen molar-refractivity contribution < 1.29 is 17.9 Å². The lowest BCUT2D eigenvalue weighted by Crippen LogP contribution is -2.43. The highest BCUT2D eigenvalue weighted by molar-refractivity contribution is 7.90. The van der Waals surface area contributed by atoms with E-state index in [1.54, 1.807) is 36.1 Å². The third kappa shape index (κ3) is 3.97. The molecular weight excluding hydrogens is 290 g/mol. The normalized spacial score (nSPS) is 16.3. The molecule has 1 unspecified atom stereocenters. The summed E-state index contributed by atoms with van der Waals surface area (Å²) < 4.78 is 28.2. The first kappa shape index (κ1) is 15.8. The minimum atomic E-state index is -3.13. The van der Waals surface area contributed by atoms with Crippen LogP contribution in [0.5, 0.6) is 5.75 Å².